The second kappa shape index (κ2) is 8.35. The van der Waals surface area contributed by atoms with E-state index in [9.17, 15) is 4.79 Å². The van der Waals surface area contributed by atoms with Crippen molar-refractivity contribution in [1.29, 1.82) is 0 Å². The Kier molecular flexibility index (Phi) is 5.71. The molecule has 0 unspecified atom stereocenters. The first-order valence-electron chi connectivity index (χ1n) is 8.48. The Hall–Kier alpha value is -3.35. The Balaban J connectivity index is 1.68. The first kappa shape index (κ1) is 18.4. The molecule has 0 N–H and O–H groups in total. The zero-order valence-electron chi connectivity index (χ0n) is 15.6. The van der Waals surface area contributed by atoms with Crippen LogP contribution in [0.4, 0.5) is 0 Å². The fourth-order valence-electron chi connectivity index (χ4n) is 2.78. The van der Waals surface area contributed by atoms with Gasteiger partial charge in [-0.15, -0.1) is 0 Å². The molecule has 3 aromatic rings. The van der Waals surface area contributed by atoms with Gasteiger partial charge in [0.05, 0.1) is 20.8 Å². The summed E-state index contributed by atoms with van der Waals surface area (Å²) < 4.78 is 12.4. The molecule has 7 heteroatoms. The molecule has 0 saturated heterocycles. The van der Waals surface area contributed by atoms with Crippen molar-refractivity contribution < 1.29 is 14.3 Å². The summed E-state index contributed by atoms with van der Waals surface area (Å²) in [4.78, 5) is 18.3. The summed E-state index contributed by atoms with van der Waals surface area (Å²) in [6.45, 7) is 1.06. The van der Waals surface area contributed by atoms with Gasteiger partial charge >= 0.3 is 0 Å². The highest BCUT2D eigenvalue weighted by Gasteiger charge is 2.15. The van der Waals surface area contributed by atoms with Crippen molar-refractivity contribution in [2.45, 2.75) is 13.1 Å². The largest absolute Gasteiger partial charge is 0.497 e. The van der Waals surface area contributed by atoms with Gasteiger partial charge in [0, 0.05) is 30.8 Å². The van der Waals surface area contributed by atoms with E-state index in [1.807, 2.05) is 42.5 Å². The highest BCUT2D eigenvalue weighted by Crippen LogP contribution is 2.25. The van der Waals surface area contributed by atoms with E-state index in [2.05, 4.69) is 10.1 Å². The SMILES string of the molecule is COc1ccc(CN(C)C(=O)c2ccc(Cn3cncn3)cc2)c(OC)c1. The predicted octanol–water partition coefficient (Wildman–Crippen LogP) is 2.62. The van der Waals surface area contributed by atoms with Crippen molar-refractivity contribution in [1.82, 2.24) is 19.7 Å². The number of methoxy groups -OCH3 is 2. The van der Waals surface area contributed by atoms with Crippen LogP contribution in [0.5, 0.6) is 11.5 Å². The third-order valence-corrected chi connectivity index (χ3v) is 4.26. The van der Waals surface area contributed by atoms with E-state index in [1.165, 1.54) is 6.33 Å². The number of aromatic nitrogens is 3. The third-order valence-electron chi connectivity index (χ3n) is 4.26. The maximum Gasteiger partial charge on any atom is 0.253 e. The molecule has 0 aliphatic carbocycles. The van der Waals surface area contributed by atoms with Crippen LogP contribution >= 0.6 is 0 Å². The van der Waals surface area contributed by atoms with Gasteiger partial charge in [0.25, 0.3) is 5.91 Å². The van der Waals surface area contributed by atoms with Gasteiger partial charge < -0.3 is 14.4 Å². The lowest BCUT2D eigenvalue weighted by Gasteiger charge is -2.19. The van der Waals surface area contributed by atoms with Crippen molar-refractivity contribution in [2.75, 3.05) is 21.3 Å². The van der Waals surface area contributed by atoms with Gasteiger partial charge in [0.1, 0.15) is 24.2 Å². The van der Waals surface area contributed by atoms with E-state index < -0.39 is 0 Å². The summed E-state index contributed by atoms with van der Waals surface area (Å²) in [5, 5.41) is 4.08. The van der Waals surface area contributed by atoms with Crippen LogP contribution in [0.25, 0.3) is 0 Å². The molecule has 0 spiro atoms. The van der Waals surface area contributed by atoms with Crippen molar-refractivity contribution in [2.24, 2.45) is 0 Å². The molecule has 1 aromatic heterocycles. The van der Waals surface area contributed by atoms with Crippen molar-refractivity contribution in [3.05, 3.63) is 71.8 Å². The molecule has 0 fully saturated rings. The highest BCUT2D eigenvalue weighted by atomic mass is 16.5. The molecule has 0 aliphatic rings. The van der Waals surface area contributed by atoms with Crippen molar-refractivity contribution >= 4 is 5.91 Å². The third kappa shape index (κ3) is 4.44. The molecule has 0 atom stereocenters. The minimum atomic E-state index is -0.0554. The van der Waals surface area contributed by atoms with E-state index in [-0.39, 0.29) is 5.91 Å². The van der Waals surface area contributed by atoms with Gasteiger partial charge in [-0.25, -0.2) is 9.67 Å². The number of benzene rings is 2. The predicted molar refractivity (Wildman–Crippen MR) is 101 cm³/mol. The molecule has 0 bridgehead atoms. The Labute approximate surface area is 158 Å². The Morgan fingerprint density at radius 1 is 1.11 bits per heavy atom. The van der Waals surface area contributed by atoms with E-state index in [0.717, 1.165) is 11.1 Å². The first-order valence-corrected chi connectivity index (χ1v) is 8.48. The Morgan fingerprint density at radius 3 is 2.52 bits per heavy atom. The molecule has 140 valence electrons. The normalized spacial score (nSPS) is 10.5. The lowest BCUT2D eigenvalue weighted by Crippen LogP contribution is -2.26. The van der Waals surface area contributed by atoms with Crippen LogP contribution in [0.15, 0.2) is 55.1 Å². The molecule has 3 rings (SSSR count). The summed E-state index contributed by atoms with van der Waals surface area (Å²) in [5.74, 6) is 1.35. The number of nitrogens with zero attached hydrogens (tertiary/aromatic N) is 4. The smallest absolute Gasteiger partial charge is 0.253 e. The summed E-state index contributed by atoms with van der Waals surface area (Å²) in [7, 11) is 4.99. The molecule has 0 saturated carbocycles. The monoisotopic (exact) mass is 366 g/mol. The molecule has 2 aromatic carbocycles. The van der Waals surface area contributed by atoms with Crippen LogP contribution in [-0.4, -0.2) is 46.8 Å². The minimum Gasteiger partial charge on any atom is -0.497 e. The Bertz CT molecular complexity index is 892. The average Bonchev–Trinajstić information content (AvgIpc) is 3.21. The van der Waals surface area contributed by atoms with Crippen LogP contribution in [0.3, 0.4) is 0 Å². The van der Waals surface area contributed by atoms with Crippen LogP contribution in [-0.2, 0) is 13.1 Å². The number of amides is 1. The summed E-state index contributed by atoms with van der Waals surface area (Å²) in [6, 6.07) is 13.1. The molecule has 0 radical (unpaired) electrons. The topological polar surface area (TPSA) is 69.5 Å². The van der Waals surface area contributed by atoms with Crippen LogP contribution in [0, 0.1) is 0 Å². The minimum absolute atomic E-state index is 0.0554. The number of hydrogen-bond donors (Lipinski definition) is 0. The molecule has 27 heavy (non-hydrogen) atoms. The Morgan fingerprint density at radius 2 is 1.89 bits per heavy atom. The number of carbonyl (C=O) groups excluding carboxylic acids is 1. The lowest BCUT2D eigenvalue weighted by molar-refractivity contribution is 0.0784. The van der Waals surface area contributed by atoms with Crippen LogP contribution in [0.2, 0.25) is 0 Å². The first-order chi connectivity index (χ1) is 13.1. The van der Waals surface area contributed by atoms with Gasteiger partial charge in [-0.1, -0.05) is 12.1 Å². The fraction of sp³-hybridized carbons (Fsp3) is 0.250. The second-order valence-corrected chi connectivity index (χ2v) is 6.13. The number of carbonyl (C=O) groups is 1. The average molecular weight is 366 g/mol. The second-order valence-electron chi connectivity index (χ2n) is 6.13. The summed E-state index contributed by atoms with van der Waals surface area (Å²) in [6.07, 6.45) is 3.16. The molecule has 1 amide bonds. The van der Waals surface area contributed by atoms with E-state index in [1.54, 1.807) is 37.2 Å². The van der Waals surface area contributed by atoms with E-state index >= 15 is 0 Å². The summed E-state index contributed by atoms with van der Waals surface area (Å²) in [5.41, 5.74) is 2.60. The van der Waals surface area contributed by atoms with Crippen molar-refractivity contribution in [3.63, 3.8) is 0 Å². The molecule has 0 aliphatic heterocycles. The van der Waals surface area contributed by atoms with E-state index in [0.29, 0.717) is 30.2 Å². The summed E-state index contributed by atoms with van der Waals surface area (Å²) >= 11 is 0. The quantitative estimate of drug-likeness (QED) is 0.643. The van der Waals surface area contributed by atoms with E-state index in [4.69, 9.17) is 9.47 Å². The van der Waals surface area contributed by atoms with Crippen LogP contribution < -0.4 is 9.47 Å². The van der Waals surface area contributed by atoms with Crippen molar-refractivity contribution in [3.8, 4) is 11.5 Å². The number of ether oxygens (including phenoxy) is 2. The maximum atomic E-state index is 12.7. The highest BCUT2D eigenvalue weighted by molar-refractivity contribution is 5.94. The molecule has 1 heterocycles. The zero-order chi connectivity index (χ0) is 19.2. The standard InChI is InChI=1S/C20H22N4O3/c1-23(12-17-8-9-18(26-2)10-19(17)27-3)20(25)16-6-4-15(5-7-16)11-24-14-21-13-22-24/h4-10,13-14H,11-12H2,1-3H3. The molecular formula is C20H22N4O3. The molecular weight excluding hydrogens is 344 g/mol. The zero-order valence-corrected chi connectivity index (χ0v) is 15.6. The van der Waals surface area contributed by atoms with Gasteiger partial charge in [-0.2, -0.15) is 5.10 Å². The lowest BCUT2D eigenvalue weighted by atomic mass is 10.1. The number of rotatable bonds is 7. The fourth-order valence-corrected chi connectivity index (χ4v) is 2.78. The maximum absolute atomic E-state index is 12.7. The van der Waals surface area contributed by atoms with Gasteiger partial charge in [-0.3, -0.25) is 4.79 Å². The van der Waals surface area contributed by atoms with Gasteiger partial charge in [0.2, 0.25) is 0 Å². The van der Waals surface area contributed by atoms with Gasteiger partial charge in [-0.05, 0) is 29.8 Å². The molecule has 7 nitrogen and oxygen atoms in total. The number of hydrogen-bond acceptors (Lipinski definition) is 5. The van der Waals surface area contributed by atoms with Gasteiger partial charge in [0.15, 0.2) is 0 Å². The van der Waals surface area contributed by atoms with Crippen LogP contribution in [0.1, 0.15) is 21.5 Å².